The normalized spacial score (nSPS) is 13.5. The standard InChI is InChI=1S/C14H27NO3/c1-7-11(8-2)12(16)15(14(4,5)6)9-10(3)13(17)18/h10-11H,7-9H2,1-6H3,(H,17,18). The van der Waals surface area contributed by atoms with Crippen molar-refractivity contribution < 1.29 is 14.7 Å². The van der Waals surface area contributed by atoms with Crippen LogP contribution < -0.4 is 0 Å². The zero-order valence-electron chi connectivity index (χ0n) is 12.5. The van der Waals surface area contributed by atoms with Crippen molar-refractivity contribution in [3.63, 3.8) is 0 Å². The van der Waals surface area contributed by atoms with Crippen LogP contribution in [0.3, 0.4) is 0 Å². The molecule has 0 bridgehead atoms. The van der Waals surface area contributed by atoms with Gasteiger partial charge in [-0.1, -0.05) is 20.8 Å². The Balaban J connectivity index is 5.01. The molecule has 0 aliphatic carbocycles. The first-order valence-corrected chi connectivity index (χ1v) is 6.69. The van der Waals surface area contributed by atoms with Crippen molar-refractivity contribution in [2.45, 2.75) is 59.9 Å². The number of aliphatic carboxylic acids is 1. The Morgan fingerprint density at radius 2 is 1.61 bits per heavy atom. The van der Waals surface area contributed by atoms with Gasteiger partial charge in [0.25, 0.3) is 0 Å². The van der Waals surface area contributed by atoms with E-state index in [1.807, 2.05) is 34.6 Å². The molecule has 0 aromatic heterocycles. The second-order valence-electron chi connectivity index (χ2n) is 5.87. The molecule has 1 atom stereocenters. The van der Waals surface area contributed by atoms with E-state index in [4.69, 9.17) is 5.11 Å². The molecule has 18 heavy (non-hydrogen) atoms. The van der Waals surface area contributed by atoms with E-state index >= 15 is 0 Å². The van der Waals surface area contributed by atoms with E-state index in [1.54, 1.807) is 11.8 Å². The fourth-order valence-corrected chi connectivity index (χ4v) is 1.90. The smallest absolute Gasteiger partial charge is 0.308 e. The van der Waals surface area contributed by atoms with Crippen molar-refractivity contribution in [3.8, 4) is 0 Å². The summed E-state index contributed by atoms with van der Waals surface area (Å²) in [5, 5.41) is 8.99. The van der Waals surface area contributed by atoms with Gasteiger partial charge in [0.1, 0.15) is 0 Å². The number of nitrogens with zero attached hydrogens (tertiary/aromatic N) is 1. The topological polar surface area (TPSA) is 57.6 Å². The highest BCUT2D eigenvalue weighted by Gasteiger charge is 2.32. The lowest BCUT2D eigenvalue weighted by Crippen LogP contribution is -2.50. The zero-order chi connectivity index (χ0) is 14.5. The minimum absolute atomic E-state index is 0.00906. The number of carbonyl (C=O) groups is 2. The number of carbonyl (C=O) groups excluding carboxylic acids is 1. The Morgan fingerprint density at radius 1 is 1.17 bits per heavy atom. The highest BCUT2D eigenvalue weighted by atomic mass is 16.4. The SMILES string of the molecule is CCC(CC)C(=O)N(CC(C)C(=O)O)C(C)(C)C. The van der Waals surface area contributed by atoms with Crippen LogP contribution in [0.4, 0.5) is 0 Å². The average Bonchev–Trinajstić information content (AvgIpc) is 2.25. The zero-order valence-corrected chi connectivity index (χ0v) is 12.5. The Hall–Kier alpha value is -1.06. The van der Waals surface area contributed by atoms with Crippen LogP contribution in [0.2, 0.25) is 0 Å². The lowest BCUT2D eigenvalue weighted by molar-refractivity contribution is -0.146. The van der Waals surface area contributed by atoms with Crippen molar-refractivity contribution in [2.75, 3.05) is 6.54 Å². The van der Waals surface area contributed by atoms with E-state index in [1.165, 1.54) is 0 Å². The molecule has 0 aliphatic heterocycles. The molecular weight excluding hydrogens is 230 g/mol. The monoisotopic (exact) mass is 257 g/mol. The third kappa shape index (κ3) is 4.67. The molecule has 0 saturated carbocycles. The summed E-state index contributed by atoms with van der Waals surface area (Å²) >= 11 is 0. The molecule has 0 heterocycles. The predicted octanol–water partition coefficient (Wildman–Crippen LogP) is 2.77. The molecule has 1 N–H and O–H groups in total. The van der Waals surface area contributed by atoms with E-state index < -0.39 is 11.9 Å². The van der Waals surface area contributed by atoms with Crippen LogP contribution in [0, 0.1) is 11.8 Å². The third-order valence-corrected chi connectivity index (χ3v) is 3.29. The van der Waals surface area contributed by atoms with Gasteiger partial charge < -0.3 is 10.0 Å². The van der Waals surface area contributed by atoms with Crippen LogP contribution in [0.1, 0.15) is 54.4 Å². The second-order valence-corrected chi connectivity index (χ2v) is 5.87. The molecule has 1 amide bonds. The van der Waals surface area contributed by atoms with Crippen molar-refractivity contribution in [1.82, 2.24) is 4.90 Å². The number of carboxylic acids is 1. The largest absolute Gasteiger partial charge is 0.481 e. The molecular formula is C14H27NO3. The van der Waals surface area contributed by atoms with Gasteiger partial charge in [-0.05, 0) is 33.6 Å². The number of amides is 1. The molecule has 0 aliphatic rings. The Morgan fingerprint density at radius 3 is 1.89 bits per heavy atom. The van der Waals surface area contributed by atoms with Crippen molar-refractivity contribution in [3.05, 3.63) is 0 Å². The average molecular weight is 257 g/mol. The summed E-state index contributed by atoms with van der Waals surface area (Å²) in [5.74, 6) is -1.34. The van der Waals surface area contributed by atoms with Gasteiger partial charge in [0.05, 0.1) is 5.92 Å². The minimum Gasteiger partial charge on any atom is -0.481 e. The maximum atomic E-state index is 12.4. The van der Waals surface area contributed by atoms with E-state index in [0.717, 1.165) is 12.8 Å². The van der Waals surface area contributed by atoms with Crippen LogP contribution >= 0.6 is 0 Å². The number of hydrogen-bond donors (Lipinski definition) is 1. The van der Waals surface area contributed by atoms with Crippen molar-refractivity contribution in [1.29, 1.82) is 0 Å². The van der Waals surface area contributed by atoms with E-state index in [0.29, 0.717) is 0 Å². The fraction of sp³-hybridized carbons (Fsp3) is 0.857. The number of hydrogen-bond acceptors (Lipinski definition) is 2. The maximum absolute atomic E-state index is 12.4. The quantitative estimate of drug-likeness (QED) is 0.796. The first-order valence-electron chi connectivity index (χ1n) is 6.69. The van der Waals surface area contributed by atoms with Crippen LogP contribution in [-0.2, 0) is 9.59 Å². The third-order valence-electron chi connectivity index (χ3n) is 3.29. The minimum atomic E-state index is -0.860. The van der Waals surface area contributed by atoms with E-state index in [2.05, 4.69) is 0 Å². The van der Waals surface area contributed by atoms with Gasteiger partial charge in [0, 0.05) is 18.0 Å². The van der Waals surface area contributed by atoms with Gasteiger partial charge >= 0.3 is 5.97 Å². The molecule has 106 valence electrons. The van der Waals surface area contributed by atoms with Crippen LogP contribution in [0.25, 0.3) is 0 Å². The molecule has 0 radical (unpaired) electrons. The lowest BCUT2D eigenvalue weighted by Gasteiger charge is -2.39. The van der Waals surface area contributed by atoms with Crippen LogP contribution in [-0.4, -0.2) is 34.0 Å². The Kier molecular flexibility index (Phi) is 6.36. The summed E-state index contributed by atoms with van der Waals surface area (Å²) in [7, 11) is 0. The highest BCUT2D eigenvalue weighted by Crippen LogP contribution is 2.21. The van der Waals surface area contributed by atoms with Gasteiger partial charge in [-0.15, -0.1) is 0 Å². The summed E-state index contributed by atoms with van der Waals surface area (Å²) in [5.41, 5.74) is -0.344. The van der Waals surface area contributed by atoms with Gasteiger partial charge in [0.2, 0.25) is 5.91 Å². The lowest BCUT2D eigenvalue weighted by atomic mass is 9.96. The van der Waals surface area contributed by atoms with Gasteiger partial charge in [-0.2, -0.15) is 0 Å². The van der Waals surface area contributed by atoms with E-state index in [-0.39, 0.29) is 23.9 Å². The molecule has 0 spiro atoms. The molecule has 0 saturated heterocycles. The summed E-state index contributed by atoms with van der Waals surface area (Å²) in [6, 6.07) is 0. The summed E-state index contributed by atoms with van der Waals surface area (Å²) < 4.78 is 0. The van der Waals surface area contributed by atoms with Crippen LogP contribution in [0.15, 0.2) is 0 Å². The first-order chi connectivity index (χ1) is 8.15. The number of carboxylic acid groups (broad SMARTS) is 1. The summed E-state index contributed by atoms with van der Waals surface area (Å²) in [6.45, 7) is 11.7. The van der Waals surface area contributed by atoms with Gasteiger partial charge in [-0.25, -0.2) is 0 Å². The molecule has 0 aromatic rings. The molecule has 1 unspecified atom stereocenters. The van der Waals surface area contributed by atoms with Crippen molar-refractivity contribution in [2.24, 2.45) is 11.8 Å². The molecule has 0 rings (SSSR count). The molecule has 4 nitrogen and oxygen atoms in total. The van der Waals surface area contributed by atoms with Gasteiger partial charge in [-0.3, -0.25) is 9.59 Å². The van der Waals surface area contributed by atoms with Gasteiger partial charge in [0.15, 0.2) is 0 Å². The Bertz CT molecular complexity index is 290. The van der Waals surface area contributed by atoms with E-state index in [9.17, 15) is 9.59 Å². The maximum Gasteiger partial charge on any atom is 0.308 e. The number of rotatable bonds is 6. The fourth-order valence-electron chi connectivity index (χ4n) is 1.90. The predicted molar refractivity (Wildman–Crippen MR) is 72.3 cm³/mol. The second kappa shape index (κ2) is 6.76. The first kappa shape index (κ1) is 16.9. The highest BCUT2D eigenvalue weighted by molar-refractivity contribution is 5.80. The molecule has 0 fully saturated rings. The molecule has 4 heteroatoms. The summed E-state index contributed by atoms with van der Waals surface area (Å²) in [4.78, 5) is 25.1. The molecule has 0 aromatic carbocycles. The van der Waals surface area contributed by atoms with Crippen LogP contribution in [0.5, 0.6) is 0 Å². The van der Waals surface area contributed by atoms with Crippen molar-refractivity contribution >= 4 is 11.9 Å². The Labute approximate surface area is 110 Å². The summed E-state index contributed by atoms with van der Waals surface area (Å²) in [6.07, 6.45) is 1.59.